The zero-order chi connectivity index (χ0) is 18.7. The van der Waals surface area contributed by atoms with Crippen molar-refractivity contribution in [3.05, 3.63) is 54.3 Å². The molecule has 136 valence electrons. The standard InChI is InChI=1S/C19H17F3N2O2/c1-2-9-24(12-19(20,21)22)18(25)14-11-16(17-8-5-10-26-17)23-15-7-4-3-6-13(14)15/h3-8,10-11H,2,9,12H2,1H3. The fourth-order valence-corrected chi connectivity index (χ4v) is 2.81. The normalized spacial score (nSPS) is 11.7. The Labute approximate surface area is 148 Å². The number of rotatable bonds is 5. The first-order valence-corrected chi connectivity index (χ1v) is 8.18. The number of carbonyl (C=O) groups is 1. The van der Waals surface area contributed by atoms with Crippen LogP contribution in [-0.2, 0) is 0 Å². The van der Waals surface area contributed by atoms with Crippen molar-refractivity contribution in [3.63, 3.8) is 0 Å². The summed E-state index contributed by atoms with van der Waals surface area (Å²) in [6, 6.07) is 11.7. The lowest BCUT2D eigenvalue weighted by atomic mass is 10.1. The number of amides is 1. The van der Waals surface area contributed by atoms with E-state index in [4.69, 9.17) is 4.42 Å². The molecule has 1 amide bonds. The Hall–Kier alpha value is -2.83. The van der Waals surface area contributed by atoms with Gasteiger partial charge >= 0.3 is 6.18 Å². The van der Waals surface area contributed by atoms with Crippen molar-refractivity contribution in [1.29, 1.82) is 0 Å². The summed E-state index contributed by atoms with van der Waals surface area (Å²) in [4.78, 5) is 18.2. The molecule has 0 aliphatic rings. The van der Waals surface area contributed by atoms with Crippen molar-refractivity contribution >= 4 is 16.8 Å². The minimum Gasteiger partial charge on any atom is -0.463 e. The lowest BCUT2D eigenvalue weighted by Gasteiger charge is -2.24. The number of para-hydroxylation sites is 1. The van der Waals surface area contributed by atoms with Crippen LogP contribution in [0.1, 0.15) is 23.7 Å². The molecule has 0 saturated heterocycles. The third-order valence-corrected chi connectivity index (χ3v) is 3.87. The summed E-state index contributed by atoms with van der Waals surface area (Å²) in [6.07, 6.45) is -2.56. The molecule has 1 aromatic carbocycles. The van der Waals surface area contributed by atoms with Gasteiger partial charge in [-0.3, -0.25) is 4.79 Å². The van der Waals surface area contributed by atoms with Crippen LogP contribution >= 0.6 is 0 Å². The third-order valence-electron chi connectivity index (χ3n) is 3.87. The van der Waals surface area contributed by atoms with Gasteiger partial charge in [-0.15, -0.1) is 0 Å². The highest BCUT2D eigenvalue weighted by atomic mass is 19.4. The lowest BCUT2D eigenvalue weighted by Crippen LogP contribution is -2.39. The maximum absolute atomic E-state index is 12.9. The predicted octanol–water partition coefficient (Wildman–Crippen LogP) is 4.91. The number of nitrogens with zero attached hydrogens (tertiary/aromatic N) is 2. The average molecular weight is 362 g/mol. The van der Waals surface area contributed by atoms with E-state index in [1.165, 1.54) is 12.3 Å². The van der Waals surface area contributed by atoms with Crippen molar-refractivity contribution in [3.8, 4) is 11.5 Å². The van der Waals surface area contributed by atoms with E-state index in [1.54, 1.807) is 43.3 Å². The van der Waals surface area contributed by atoms with Gasteiger partial charge in [0.05, 0.1) is 17.3 Å². The molecule has 0 bridgehead atoms. The molecule has 0 saturated carbocycles. The minimum absolute atomic E-state index is 0.0189. The first-order chi connectivity index (χ1) is 12.4. The van der Waals surface area contributed by atoms with Gasteiger partial charge < -0.3 is 9.32 Å². The second-order valence-electron chi connectivity index (χ2n) is 5.89. The van der Waals surface area contributed by atoms with Gasteiger partial charge in [0, 0.05) is 11.9 Å². The molecule has 0 fully saturated rings. The van der Waals surface area contributed by atoms with Crippen LogP contribution < -0.4 is 0 Å². The summed E-state index contributed by atoms with van der Waals surface area (Å²) in [5.41, 5.74) is 1.11. The Morgan fingerprint density at radius 1 is 1.19 bits per heavy atom. The average Bonchev–Trinajstić information content (AvgIpc) is 3.13. The Balaban J connectivity index is 2.11. The molecule has 2 heterocycles. The van der Waals surface area contributed by atoms with Crippen LogP contribution in [0, 0.1) is 0 Å². The molecule has 4 nitrogen and oxygen atoms in total. The summed E-state index contributed by atoms with van der Waals surface area (Å²) in [5.74, 6) is -0.224. The number of benzene rings is 1. The fourth-order valence-electron chi connectivity index (χ4n) is 2.81. The zero-order valence-electron chi connectivity index (χ0n) is 14.1. The van der Waals surface area contributed by atoms with Crippen molar-refractivity contribution in [2.45, 2.75) is 19.5 Å². The number of furan rings is 1. The third kappa shape index (κ3) is 3.87. The number of pyridine rings is 1. The Kier molecular flexibility index (Phi) is 4.97. The van der Waals surface area contributed by atoms with Crippen molar-refractivity contribution in [1.82, 2.24) is 9.88 Å². The van der Waals surface area contributed by atoms with E-state index in [1.807, 2.05) is 0 Å². The van der Waals surface area contributed by atoms with E-state index < -0.39 is 18.6 Å². The lowest BCUT2D eigenvalue weighted by molar-refractivity contribution is -0.140. The summed E-state index contributed by atoms with van der Waals surface area (Å²) in [6.45, 7) is 0.465. The molecule has 3 aromatic rings. The van der Waals surface area contributed by atoms with Crippen LogP contribution in [0.5, 0.6) is 0 Å². The largest absolute Gasteiger partial charge is 0.463 e. The molecule has 0 spiro atoms. The summed E-state index contributed by atoms with van der Waals surface area (Å²) >= 11 is 0. The molecule has 3 rings (SSSR count). The number of halogens is 3. The fraction of sp³-hybridized carbons (Fsp3) is 0.263. The highest BCUT2D eigenvalue weighted by Gasteiger charge is 2.33. The van der Waals surface area contributed by atoms with E-state index in [9.17, 15) is 18.0 Å². The Bertz CT molecular complexity index is 905. The van der Waals surface area contributed by atoms with Crippen molar-refractivity contribution in [2.75, 3.05) is 13.1 Å². The van der Waals surface area contributed by atoms with Crippen LogP contribution in [0.25, 0.3) is 22.4 Å². The van der Waals surface area contributed by atoms with Gasteiger partial charge in [-0.05, 0) is 30.7 Å². The van der Waals surface area contributed by atoms with Crippen molar-refractivity contribution in [2.24, 2.45) is 0 Å². The molecule has 0 aliphatic heterocycles. The molecule has 0 N–H and O–H groups in total. The van der Waals surface area contributed by atoms with Gasteiger partial charge in [-0.2, -0.15) is 13.2 Å². The zero-order valence-corrected chi connectivity index (χ0v) is 14.1. The summed E-state index contributed by atoms with van der Waals surface area (Å²) in [7, 11) is 0. The molecule has 0 unspecified atom stereocenters. The van der Waals surface area contributed by atoms with E-state index in [0.717, 1.165) is 4.90 Å². The Morgan fingerprint density at radius 3 is 2.62 bits per heavy atom. The van der Waals surface area contributed by atoms with Gasteiger partial charge in [0.1, 0.15) is 12.2 Å². The second kappa shape index (κ2) is 7.19. The van der Waals surface area contributed by atoms with Gasteiger partial charge in [-0.25, -0.2) is 4.98 Å². The van der Waals surface area contributed by atoms with E-state index in [0.29, 0.717) is 28.8 Å². The van der Waals surface area contributed by atoms with Crippen LogP contribution in [0.15, 0.2) is 53.1 Å². The number of fused-ring (bicyclic) bond motifs is 1. The molecule has 2 aromatic heterocycles. The van der Waals surface area contributed by atoms with Crippen LogP contribution in [0.4, 0.5) is 13.2 Å². The topological polar surface area (TPSA) is 46.3 Å². The number of hydrogen-bond donors (Lipinski definition) is 0. The van der Waals surface area contributed by atoms with Crippen LogP contribution in [-0.4, -0.2) is 35.1 Å². The smallest absolute Gasteiger partial charge is 0.406 e. The van der Waals surface area contributed by atoms with Crippen molar-refractivity contribution < 1.29 is 22.4 Å². The Morgan fingerprint density at radius 2 is 1.96 bits per heavy atom. The first kappa shape index (κ1) is 18.0. The van der Waals surface area contributed by atoms with E-state index >= 15 is 0 Å². The quantitative estimate of drug-likeness (QED) is 0.648. The number of hydrogen-bond acceptors (Lipinski definition) is 3. The molecule has 0 aliphatic carbocycles. The van der Waals surface area contributed by atoms with Gasteiger partial charge in [0.2, 0.25) is 0 Å². The summed E-state index contributed by atoms with van der Waals surface area (Å²) < 4.78 is 44.0. The van der Waals surface area contributed by atoms with Crippen LogP contribution in [0.2, 0.25) is 0 Å². The number of carbonyl (C=O) groups excluding carboxylic acids is 1. The molecular formula is C19H17F3N2O2. The van der Waals surface area contributed by atoms with Gasteiger partial charge in [-0.1, -0.05) is 25.1 Å². The maximum atomic E-state index is 12.9. The maximum Gasteiger partial charge on any atom is 0.406 e. The molecule has 26 heavy (non-hydrogen) atoms. The van der Waals surface area contributed by atoms with E-state index in [-0.39, 0.29) is 12.1 Å². The van der Waals surface area contributed by atoms with E-state index in [2.05, 4.69) is 4.98 Å². The predicted molar refractivity (Wildman–Crippen MR) is 91.7 cm³/mol. The second-order valence-corrected chi connectivity index (χ2v) is 5.89. The van der Waals surface area contributed by atoms with Crippen LogP contribution in [0.3, 0.4) is 0 Å². The SMILES string of the molecule is CCCN(CC(F)(F)F)C(=O)c1cc(-c2ccco2)nc2ccccc12. The highest BCUT2D eigenvalue weighted by molar-refractivity contribution is 6.07. The molecular weight excluding hydrogens is 345 g/mol. The number of aromatic nitrogens is 1. The minimum atomic E-state index is -4.46. The monoisotopic (exact) mass is 362 g/mol. The highest BCUT2D eigenvalue weighted by Crippen LogP contribution is 2.27. The number of alkyl halides is 3. The van der Waals surface area contributed by atoms with Gasteiger partial charge in [0.25, 0.3) is 5.91 Å². The summed E-state index contributed by atoms with van der Waals surface area (Å²) in [5, 5.41) is 0.510. The molecule has 0 radical (unpaired) electrons. The molecule has 0 atom stereocenters. The molecule has 7 heteroatoms. The van der Waals surface area contributed by atoms with Gasteiger partial charge in [0.15, 0.2) is 5.76 Å². The first-order valence-electron chi connectivity index (χ1n) is 8.18.